The molecule has 0 spiro atoms. The molecule has 8 nitrogen and oxygen atoms in total. The number of carbonyl (C=O) groups excluding carboxylic acids is 1. The van der Waals surface area contributed by atoms with Gasteiger partial charge in [0.15, 0.2) is 14.8 Å². The van der Waals surface area contributed by atoms with Gasteiger partial charge in [0.2, 0.25) is 5.91 Å². The van der Waals surface area contributed by atoms with Gasteiger partial charge in [-0.15, -0.1) is 0 Å². The fourth-order valence-electron chi connectivity index (χ4n) is 2.25. The SMILES string of the molecule is CN(CCN1CCCC1=O)c1sc(S(C)(=O)=O)cc1[N+](=O)[O-]. The van der Waals surface area contributed by atoms with Crippen LogP contribution < -0.4 is 4.90 Å². The summed E-state index contributed by atoms with van der Waals surface area (Å²) >= 11 is 0.879. The summed E-state index contributed by atoms with van der Waals surface area (Å²) in [4.78, 5) is 25.4. The highest BCUT2D eigenvalue weighted by atomic mass is 32.2. The summed E-state index contributed by atoms with van der Waals surface area (Å²) in [5.74, 6) is 0.0888. The zero-order chi connectivity index (χ0) is 16.5. The molecule has 0 saturated carbocycles. The third kappa shape index (κ3) is 3.55. The molecule has 1 aliphatic rings. The lowest BCUT2D eigenvalue weighted by atomic mass is 10.4. The van der Waals surface area contributed by atoms with Gasteiger partial charge in [0, 0.05) is 45.4 Å². The summed E-state index contributed by atoms with van der Waals surface area (Å²) in [6.45, 7) is 1.59. The van der Waals surface area contributed by atoms with Crippen LogP contribution in [-0.2, 0) is 14.6 Å². The summed E-state index contributed by atoms with van der Waals surface area (Å²) in [7, 11) is -1.83. The number of nitrogens with zero attached hydrogens (tertiary/aromatic N) is 3. The van der Waals surface area contributed by atoms with Gasteiger partial charge in [0.05, 0.1) is 4.92 Å². The van der Waals surface area contributed by atoms with Crippen LogP contribution in [-0.4, -0.2) is 57.1 Å². The topological polar surface area (TPSA) is 101 Å². The summed E-state index contributed by atoms with van der Waals surface area (Å²) in [5.41, 5.74) is -0.222. The van der Waals surface area contributed by atoms with Gasteiger partial charge in [0.1, 0.15) is 4.21 Å². The van der Waals surface area contributed by atoms with Crippen LogP contribution >= 0.6 is 11.3 Å². The molecule has 2 heterocycles. The fraction of sp³-hybridized carbons (Fsp3) is 0.583. The molecule has 1 saturated heterocycles. The smallest absolute Gasteiger partial charge is 0.304 e. The van der Waals surface area contributed by atoms with Crippen LogP contribution in [0.1, 0.15) is 12.8 Å². The minimum atomic E-state index is -3.49. The molecule has 0 bridgehead atoms. The first-order valence-corrected chi connectivity index (χ1v) is 9.38. The molecule has 1 aromatic rings. The van der Waals surface area contributed by atoms with Gasteiger partial charge in [-0.3, -0.25) is 14.9 Å². The predicted molar refractivity (Wildman–Crippen MR) is 83.2 cm³/mol. The van der Waals surface area contributed by atoms with Gasteiger partial charge >= 0.3 is 5.69 Å². The van der Waals surface area contributed by atoms with E-state index >= 15 is 0 Å². The van der Waals surface area contributed by atoms with Crippen LogP contribution in [0.5, 0.6) is 0 Å². The molecule has 0 atom stereocenters. The average molecular weight is 347 g/mol. The molecular weight excluding hydrogens is 330 g/mol. The van der Waals surface area contributed by atoms with E-state index in [1.54, 1.807) is 16.8 Å². The van der Waals surface area contributed by atoms with Crippen molar-refractivity contribution in [2.24, 2.45) is 0 Å². The van der Waals surface area contributed by atoms with E-state index < -0.39 is 14.8 Å². The van der Waals surface area contributed by atoms with Crippen molar-refractivity contribution in [2.75, 3.05) is 37.8 Å². The van der Waals surface area contributed by atoms with E-state index in [-0.39, 0.29) is 20.8 Å². The van der Waals surface area contributed by atoms with Gasteiger partial charge in [0.25, 0.3) is 0 Å². The number of likely N-dealkylation sites (N-methyl/N-ethyl adjacent to an activating group) is 1. The lowest BCUT2D eigenvalue weighted by Crippen LogP contribution is -2.33. The van der Waals surface area contributed by atoms with E-state index in [2.05, 4.69) is 0 Å². The third-order valence-electron chi connectivity index (χ3n) is 3.46. The Morgan fingerprint density at radius 2 is 2.18 bits per heavy atom. The number of anilines is 1. The van der Waals surface area contributed by atoms with Crippen molar-refractivity contribution < 1.29 is 18.1 Å². The third-order valence-corrected chi connectivity index (χ3v) is 6.50. The Morgan fingerprint density at radius 1 is 1.50 bits per heavy atom. The van der Waals surface area contributed by atoms with Crippen LogP contribution in [0.3, 0.4) is 0 Å². The van der Waals surface area contributed by atoms with E-state index in [0.29, 0.717) is 26.1 Å². The van der Waals surface area contributed by atoms with E-state index in [0.717, 1.165) is 30.1 Å². The highest BCUT2D eigenvalue weighted by Crippen LogP contribution is 2.39. The molecule has 1 aromatic heterocycles. The standard InChI is InChI=1S/C12H17N3O5S2/c1-13(6-7-14-5-3-4-10(14)16)12-9(15(17)18)8-11(21-12)22(2,19)20/h8H,3-7H2,1-2H3. The fourth-order valence-corrected chi connectivity index (χ4v) is 4.26. The monoisotopic (exact) mass is 347 g/mol. The van der Waals surface area contributed by atoms with Crippen molar-refractivity contribution in [1.29, 1.82) is 0 Å². The molecule has 122 valence electrons. The number of likely N-dealkylation sites (tertiary alicyclic amines) is 1. The molecule has 0 N–H and O–H groups in total. The van der Waals surface area contributed by atoms with Gasteiger partial charge in [-0.05, 0) is 6.42 Å². The molecule has 1 fully saturated rings. The lowest BCUT2D eigenvalue weighted by molar-refractivity contribution is -0.383. The van der Waals surface area contributed by atoms with E-state index in [1.807, 2.05) is 0 Å². The molecule has 22 heavy (non-hydrogen) atoms. The normalized spacial score (nSPS) is 15.4. The summed E-state index contributed by atoms with van der Waals surface area (Å²) in [5, 5.41) is 11.4. The van der Waals surface area contributed by atoms with Crippen LogP contribution in [0.25, 0.3) is 0 Å². The number of carbonyl (C=O) groups is 1. The minimum Gasteiger partial charge on any atom is -0.359 e. The second-order valence-corrected chi connectivity index (χ2v) is 8.46. The van der Waals surface area contributed by atoms with Crippen LogP contribution in [0.4, 0.5) is 10.7 Å². The molecule has 0 aromatic carbocycles. The summed E-state index contributed by atoms with van der Waals surface area (Å²) in [6, 6.07) is 1.09. The first kappa shape index (κ1) is 16.7. The van der Waals surface area contributed by atoms with Crippen LogP contribution in [0, 0.1) is 10.1 Å². The zero-order valence-corrected chi connectivity index (χ0v) is 13.9. The molecule has 1 aliphatic heterocycles. The number of nitro groups is 1. The Kier molecular flexibility index (Phi) is 4.71. The summed E-state index contributed by atoms with van der Waals surface area (Å²) < 4.78 is 23.1. The highest BCUT2D eigenvalue weighted by Gasteiger charge is 2.27. The molecule has 0 aliphatic carbocycles. The quantitative estimate of drug-likeness (QED) is 0.564. The maximum Gasteiger partial charge on any atom is 0.304 e. The van der Waals surface area contributed by atoms with Crippen molar-refractivity contribution in [1.82, 2.24) is 4.90 Å². The van der Waals surface area contributed by atoms with Crippen molar-refractivity contribution in [2.45, 2.75) is 17.1 Å². The molecule has 2 rings (SSSR count). The van der Waals surface area contributed by atoms with Gasteiger partial charge in [-0.25, -0.2) is 8.42 Å². The number of sulfone groups is 1. The van der Waals surface area contributed by atoms with E-state index in [4.69, 9.17) is 0 Å². The Bertz CT molecular complexity index is 698. The van der Waals surface area contributed by atoms with Gasteiger partial charge in [-0.1, -0.05) is 11.3 Å². The highest BCUT2D eigenvalue weighted by molar-refractivity contribution is 7.92. The number of rotatable bonds is 6. The Labute approximate surface area is 132 Å². The maximum absolute atomic E-state index is 11.6. The zero-order valence-electron chi connectivity index (χ0n) is 12.3. The van der Waals surface area contributed by atoms with Crippen molar-refractivity contribution in [3.8, 4) is 0 Å². The lowest BCUT2D eigenvalue weighted by Gasteiger charge is -2.21. The molecular formula is C12H17N3O5S2. The maximum atomic E-state index is 11.6. The molecule has 0 radical (unpaired) electrons. The van der Waals surface area contributed by atoms with E-state index in [9.17, 15) is 23.3 Å². The number of hydrogen-bond donors (Lipinski definition) is 0. The molecule has 10 heteroatoms. The number of amides is 1. The first-order valence-electron chi connectivity index (χ1n) is 6.67. The Balaban J connectivity index is 2.17. The predicted octanol–water partition coefficient (Wildman–Crippen LogP) is 1.12. The first-order chi connectivity index (χ1) is 10.2. The van der Waals surface area contributed by atoms with Gasteiger partial charge < -0.3 is 9.80 Å². The van der Waals surface area contributed by atoms with Crippen molar-refractivity contribution >= 4 is 37.8 Å². The number of thiophene rings is 1. The second kappa shape index (κ2) is 6.21. The summed E-state index contributed by atoms with van der Waals surface area (Å²) in [6.07, 6.45) is 2.40. The second-order valence-electron chi connectivity index (χ2n) is 5.19. The number of hydrogen-bond acceptors (Lipinski definition) is 7. The van der Waals surface area contributed by atoms with Crippen LogP contribution in [0.2, 0.25) is 0 Å². The largest absolute Gasteiger partial charge is 0.359 e. The van der Waals surface area contributed by atoms with Crippen molar-refractivity contribution in [3.63, 3.8) is 0 Å². The Morgan fingerprint density at radius 3 is 2.68 bits per heavy atom. The minimum absolute atomic E-state index is 0.0294. The molecule has 0 unspecified atom stereocenters. The Hall–Kier alpha value is -1.68. The van der Waals surface area contributed by atoms with Crippen molar-refractivity contribution in [3.05, 3.63) is 16.2 Å². The average Bonchev–Trinajstić information content (AvgIpc) is 3.01. The molecule has 1 amide bonds. The van der Waals surface area contributed by atoms with Crippen LogP contribution in [0.15, 0.2) is 10.3 Å². The van der Waals surface area contributed by atoms with E-state index in [1.165, 1.54) is 0 Å². The van der Waals surface area contributed by atoms with Gasteiger partial charge in [-0.2, -0.15) is 0 Å².